The molecule has 1 aromatic carbocycles. The molecule has 78 valence electrons. The van der Waals surface area contributed by atoms with Gasteiger partial charge in [0.25, 0.3) is 0 Å². The molecule has 8 heteroatoms. The largest absolute Gasteiger partial charge is 1.00 e. The molecule has 0 aliphatic heterocycles. The van der Waals surface area contributed by atoms with Gasteiger partial charge in [-0.1, -0.05) is 11.6 Å². The molecule has 15 heavy (non-hydrogen) atoms. The minimum absolute atomic E-state index is 0. The SMILES string of the molecule is O=S([O-])c1ccc(Cl)c(C(F)(F)F)c1.[Na+]. The summed E-state index contributed by atoms with van der Waals surface area (Å²) in [7, 11) is 0. The molecule has 1 atom stereocenters. The summed E-state index contributed by atoms with van der Waals surface area (Å²) in [4.78, 5) is -0.443. The van der Waals surface area contributed by atoms with E-state index in [-0.39, 0.29) is 29.6 Å². The van der Waals surface area contributed by atoms with Crippen LogP contribution in [0.4, 0.5) is 13.2 Å². The zero-order valence-electron chi connectivity index (χ0n) is 7.47. The van der Waals surface area contributed by atoms with E-state index in [4.69, 9.17) is 11.6 Å². The first kappa shape index (κ1) is 15.4. The van der Waals surface area contributed by atoms with Crippen molar-refractivity contribution in [3.63, 3.8) is 0 Å². The van der Waals surface area contributed by atoms with Gasteiger partial charge in [0.05, 0.1) is 10.6 Å². The molecule has 0 aromatic heterocycles. The Balaban J connectivity index is 0.00000196. The average molecular weight is 267 g/mol. The predicted molar refractivity (Wildman–Crippen MR) is 43.6 cm³/mol. The fourth-order valence-corrected chi connectivity index (χ4v) is 1.44. The zero-order valence-corrected chi connectivity index (χ0v) is 11.0. The van der Waals surface area contributed by atoms with Crippen molar-refractivity contribution in [3.8, 4) is 0 Å². The molecule has 0 bridgehead atoms. The Hall–Kier alpha value is 0.410. The van der Waals surface area contributed by atoms with Gasteiger partial charge in [0, 0.05) is 4.90 Å². The van der Waals surface area contributed by atoms with E-state index in [2.05, 4.69) is 0 Å². The minimum Gasteiger partial charge on any atom is -0.768 e. The second-order valence-electron chi connectivity index (χ2n) is 2.37. The smallest absolute Gasteiger partial charge is 0.768 e. The van der Waals surface area contributed by atoms with Crippen molar-refractivity contribution < 1.29 is 51.5 Å². The summed E-state index contributed by atoms with van der Waals surface area (Å²) < 4.78 is 57.4. The van der Waals surface area contributed by atoms with E-state index < -0.39 is 32.7 Å². The van der Waals surface area contributed by atoms with Crippen LogP contribution in [0.25, 0.3) is 0 Å². The van der Waals surface area contributed by atoms with Crippen LogP contribution in [-0.2, 0) is 17.3 Å². The van der Waals surface area contributed by atoms with Crippen molar-refractivity contribution in [1.82, 2.24) is 0 Å². The second kappa shape index (κ2) is 5.65. The quantitative estimate of drug-likeness (QED) is 0.513. The molecule has 0 fully saturated rings. The van der Waals surface area contributed by atoms with Gasteiger partial charge in [-0.3, -0.25) is 4.21 Å². The third-order valence-electron chi connectivity index (χ3n) is 1.44. The van der Waals surface area contributed by atoms with Gasteiger partial charge >= 0.3 is 35.7 Å². The van der Waals surface area contributed by atoms with Crippen LogP contribution in [0.15, 0.2) is 23.1 Å². The second-order valence-corrected chi connectivity index (χ2v) is 3.72. The van der Waals surface area contributed by atoms with E-state index >= 15 is 0 Å². The molecule has 0 aliphatic rings. The van der Waals surface area contributed by atoms with Crippen LogP contribution in [-0.4, -0.2) is 8.76 Å². The molecular formula is C7H3ClF3NaO2S. The number of benzene rings is 1. The number of hydrogen-bond donors (Lipinski definition) is 0. The number of halogens is 4. The summed E-state index contributed by atoms with van der Waals surface area (Å²) in [6.45, 7) is 0. The summed E-state index contributed by atoms with van der Waals surface area (Å²) >= 11 is 2.57. The standard InChI is InChI=1S/C7H4ClF3O2S.Na/c8-6-2-1-4(14(12)13)3-5(6)7(9,10)11;/h1-3H,(H,12,13);/q;+1/p-1. The average Bonchev–Trinajstić information content (AvgIpc) is 2.02. The Morgan fingerprint density at radius 2 is 1.87 bits per heavy atom. The molecule has 1 rings (SSSR count). The molecule has 0 aliphatic carbocycles. The summed E-state index contributed by atoms with van der Waals surface area (Å²) in [5.41, 5.74) is -1.15. The van der Waals surface area contributed by atoms with Crippen molar-refractivity contribution in [2.75, 3.05) is 0 Å². The Bertz CT molecular complexity index is 383. The van der Waals surface area contributed by atoms with Crippen LogP contribution in [0, 0.1) is 0 Å². The Labute approximate surface area is 113 Å². The molecule has 1 unspecified atom stereocenters. The molecule has 1 aromatic rings. The first-order chi connectivity index (χ1) is 6.32. The van der Waals surface area contributed by atoms with Crippen LogP contribution in [0.3, 0.4) is 0 Å². The van der Waals surface area contributed by atoms with Crippen LogP contribution in [0.5, 0.6) is 0 Å². The van der Waals surface area contributed by atoms with Crippen LogP contribution in [0.2, 0.25) is 5.02 Å². The molecule has 2 nitrogen and oxygen atoms in total. The summed E-state index contributed by atoms with van der Waals surface area (Å²) in [6, 6.07) is 2.39. The fourth-order valence-electron chi connectivity index (χ4n) is 0.825. The number of hydrogen-bond acceptors (Lipinski definition) is 2. The maximum absolute atomic E-state index is 12.2. The maximum Gasteiger partial charge on any atom is 1.00 e. The Morgan fingerprint density at radius 1 is 1.33 bits per heavy atom. The molecule has 0 amide bonds. The maximum atomic E-state index is 12.2. The summed E-state index contributed by atoms with van der Waals surface area (Å²) in [5.74, 6) is 0. The van der Waals surface area contributed by atoms with Gasteiger partial charge in [0.1, 0.15) is 0 Å². The molecule has 0 spiro atoms. The van der Waals surface area contributed by atoms with E-state index in [1.807, 2.05) is 0 Å². The van der Waals surface area contributed by atoms with Crippen molar-refractivity contribution in [2.45, 2.75) is 11.1 Å². The molecule has 0 saturated heterocycles. The monoisotopic (exact) mass is 266 g/mol. The van der Waals surface area contributed by atoms with Gasteiger partial charge in [-0.05, 0) is 29.3 Å². The van der Waals surface area contributed by atoms with Crippen molar-refractivity contribution in [2.24, 2.45) is 0 Å². The van der Waals surface area contributed by atoms with Crippen LogP contribution >= 0.6 is 11.6 Å². The minimum atomic E-state index is -4.65. The van der Waals surface area contributed by atoms with Gasteiger partial charge in [-0.15, -0.1) is 0 Å². The Morgan fingerprint density at radius 3 is 2.27 bits per heavy atom. The van der Waals surface area contributed by atoms with Crippen LogP contribution in [0.1, 0.15) is 5.56 Å². The van der Waals surface area contributed by atoms with E-state index in [1.165, 1.54) is 0 Å². The van der Waals surface area contributed by atoms with E-state index in [1.54, 1.807) is 0 Å². The van der Waals surface area contributed by atoms with E-state index in [9.17, 15) is 21.9 Å². The zero-order chi connectivity index (χ0) is 10.9. The molecule has 0 N–H and O–H groups in total. The first-order valence-electron chi connectivity index (χ1n) is 3.28. The van der Waals surface area contributed by atoms with Gasteiger partial charge in [-0.25, -0.2) is 0 Å². The van der Waals surface area contributed by atoms with Gasteiger partial charge in [0.2, 0.25) is 0 Å². The van der Waals surface area contributed by atoms with Gasteiger partial charge < -0.3 is 4.55 Å². The topological polar surface area (TPSA) is 40.1 Å². The summed E-state index contributed by atoms with van der Waals surface area (Å²) in [6.07, 6.45) is -4.65. The van der Waals surface area contributed by atoms with E-state index in [0.29, 0.717) is 6.07 Å². The van der Waals surface area contributed by atoms with Crippen molar-refractivity contribution in [3.05, 3.63) is 28.8 Å². The third-order valence-corrected chi connectivity index (χ3v) is 2.40. The van der Waals surface area contributed by atoms with Crippen molar-refractivity contribution >= 4 is 22.7 Å². The third kappa shape index (κ3) is 4.05. The Kier molecular flexibility index (Phi) is 5.81. The fraction of sp³-hybridized carbons (Fsp3) is 0.143. The van der Waals surface area contributed by atoms with E-state index in [0.717, 1.165) is 12.1 Å². The molecule has 0 saturated carbocycles. The van der Waals surface area contributed by atoms with Gasteiger partial charge in [0.15, 0.2) is 0 Å². The van der Waals surface area contributed by atoms with Crippen LogP contribution < -0.4 is 29.6 Å². The first-order valence-corrected chi connectivity index (χ1v) is 4.73. The molecule has 0 radical (unpaired) electrons. The predicted octanol–water partition coefficient (Wildman–Crippen LogP) is -0.399. The van der Waals surface area contributed by atoms with Gasteiger partial charge in [-0.2, -0.15) is 13.2 Å². The molecular weight excluding hydrogens is 264 g/mol. The van der Waals surface area contributed by atoms with Crippen molar-refractivity contribution in [1.29, 1.82) is 0 Å². The summed E-state index contributed by atoms with van der Waals surface area (Å²) in [5, 5.41) is -0.522. The number of rotatable bonds is 1. The molecule has 0 heterocycles. The number of alkyl halides is 3. The normalized spacial score (nSPS) is 13.1.